The van der Waals surface area contributed by atoms with Crippen molar-refractivity contribution in [1.82, 2.24) is 9.78 Å². The van der Waals surface area contributed by atoms with Crippen molar-refractivity contribution in [1.29, 1.82) is 0 Å². The van der Waals surface area contributed by atoms with E-state index in [9.17, 15) is 0 Å². The summed E-state index contributed by atoms with van der Waals surface area (Å²) < 4.78 is 2.12. The summed E-state index contributed by atoms with van der Waals surface area (Å²) in [5.74, 6) is 0.554. The highest BCUT2D eigenvalue weighted by molar-refractivity contribution is 5.19. The molecule has 0 saturated carbocycles. The van der Waals surface area contributed by atoms with E-state index in [1.807, 2.05) is 0 Å². The number of hydrogen-bond donors (Lipinski definition) is 0. The first-order valence-electron chi connectivity index (χ1n) is 5.44. The van der Waals surface area contributed by atoms with Gasteiger partial charge in [-0.15, -0.1) is 0 Å². The molecule has 1 aromatic rings. The van der Waals surface area contributed by atoms with Gasteiger partial charge in [0, 0.05) is 17.7 Å². The Balaban J connectivity index is 3.13. The Labute approximate surface area is 87.3 Å². The van der Waals surface area contributed by atoms with Crippen molar-refractivity contribution in [2.45, 2.75) is 59.4 Å². The molecule has 0 amide bonds. The van der Waals surface area contributed by atoms with E-state index in [1.54, 1.807) is 0 Å². The maximum absolute atomic E-state index is 4.64. The van der Waals surface area contributed by atoms with E-state index in [0.29, 0.717) is 5.92 Å². The van der Waals surface area contributed by atoms with E-state index in [2.05, 4.69) is 57.4 Å². The summed E-state index contributed by atoms with van der Waals surface area (Å²) in [5, 5.41) is 4.64. The molecular weight excluding hydrogens is 172 g/mol. The third kappa shape index (κ3) is 2.17. The summed E-state index contributed by atoms with van der Waals surface area (Å²) >= 11 is 0. The summed E-state index contributed by atoms with van der Waals surface area (Å²) in [7, 11) is 0. The monoisotopic (exact) mass is 194 g/mol. The second-order valence-electron chi connectivity index (χ2n) is 5.17. The summed E-state index contributed by atoms with van der Waals surface area (Å²) in [5.41, 5.74) is 2.70. The molecule has 0 aliphatic rings. The van der Waals surface area contributed by atoms with Crippen LogP contribution in [0.15, 0.2) is 6.07 Å². The maximum Gasteiger partial charge on any atom is 0.0680 e. The molecule has 0 spiro atoms. The van der Waals surface area contributed by atoms with Crippen LogP contribution in [0.3, 0.4) is 0 Å². The highest BCUT2D eigenvalue weighted by atomic mass is 15.3. The second-order valence-corrected chi connectivity index (χ2v) is 5.17. The van der Waals surface area contributed by atoms with Crippen molar-refractivity contribution >= 4 is 0 Å². The molecule has 0 radical (unpaired) electrons. The van der Waals surface area contributed by atoms with Crippen molar-refractivity contribution in [3.8, 4) is 0 Å². The zero-order valence-corrected chi connectivity index (χ0v) is 10.3. The smallest absolute Gasteiger partial charge is 0.0680 e. The van der Waals surface area contributed by atoms with Crippen molar-refractivity contribution in [2.75, 3.05) is 0 Å². The fourth-order valence-corrected chi connectivity index (χ4v) is 1.52. The molecule has 80 valence electrons. The lowest BCUT2D eigenvalue weighted by atomic mass is 9.92. The van der Waals surface area contributed by atoms with Gasteiger partial charge in [-0.1, -0.05) is 34.6 Å². The predicted molar refractivity (Wildman–Crippen MR) is 60.7 cm³/mol. The molecule has 0 bridgehead atoms. The van der Waals surface area contributed by atoms with Crippen molar-refractivity contribution in [3.05, 3.63) is 17.5 Å². The van der Waals surface area contributed by atoms with Crippen LogP contribution in [0, 0.1) is 0 Å². The molecule has 0 fully saturated rings. The summed E-state index contributed by atoms with van der Waals surface area (Å²) in [4.78, 5) is 0. The van der Waals surface area contributed by atoms with Gasteiger partial charge in [0.25, 0.3) is 0 Å². The molecule has 0 unspecified atom stereocenters. The Hall–Kier alpha value is -0.790. The van der Waals surface area contributed by atoms with Crippen molar-refractivity contribution < 1.29 is 0 Å². The first-order valence-corrected chi connectivity index (χ1v) is 5.44. The number of aromatic nitrogens is 2. The van der Waals surface area contributed by atoms with E-state index >= 15 is 0 Å². The van der Waals surface area contributed by atoms with Gasteiger partial charge in [0.05, 0.1) is 5.69 Å². The number of hydrogen-bond acceptors (Lipinski definition) is 1. The van der Waals surface area contributed by atoms with E-state index in [0.717, 1.165) is 6.54 Å². The molecule has 1 aromatic heterocycles. The lowest BCUT2D eigenvalue weighted by Crippen LogP contribution is -2.12. The van der Waals surface area contributed by atoms with Crippen LogP contribution in [0.1, 0.15) is 58.8 Å². The predicted octanol–water partition coefficient (Wildman–Crippen LogP) is 3.32. The Kier molecular flexibility index (Phi) is 3.03. The largest absolute Gasteiger partial charge is 0.269 e. The molecular formula is C12H22N2. The highest BCUT2D eigenvalue weighted by Gasteiger charge is 2.20. The average Bonchev–Trinajstić information content (AvgIpc) is 2.45. The molecule has 1 heterocycles. The Morgan fingerprint density at radius 2 is 1.93 bits per heavy atom. The van der Waals surface area contributed by atoms with Gasteiger partial charge in [0.2, 0.25) is 0 Å². The van der Waals surface area contributed by atoms with Gasteiger partial charge in [-0.25, -0.2) is 0 Å². The third-order valence-corrected chi connectivity index (χ3v) is 2.47. The summed E-state index contributed by atoms with van der Waals surface area (Å²) in [6, 6.07) is 2.24. The first kappa shape index (κ1) is 11.3. The Morgan fingerprint density at radius 1 is 1.36 bits per heavy atom. The number of aryl methyl sites for hydroxylation is 1. The normalized spacial score (nSPS) is 12.5. The molecule has 0 aliphatic carbocycles. The first-order chi connectivity index (χ1) is 6.36. The van der Waals surface area contributed by atoms with Crippen LogP contribution < -0.4 is 0 Å². The van der Waals surface area contributed by atoms with Gasteiger partial charge in [-0.2, -0.15) is 5.10 Å². The van der Waals surface area contributed by atoms with Crippen LogP contribution in [0.5, 0.6) is 0 Å². The van der Waals surface area contributed by atoms with Crippen molar-refractivity contribution in [3.63, 3.8) is 0 Å². The van der Waals surface area contributed by atoms with Gasteiger partial charge in [0.15, 0.2) is 0 Å². The van der Waals surface area contributed by atoms with Crippen LogP contribution in [0.4, 0.5) is 0 Å². The SMILES string of the molecule is CCn1nc(C(C)(C)C)cc1C(C)C. The van der Waals surface area contributed by atoms with Crippen molar-refractivity contribution in [2.24, 2.45) is 0 Å². The van der Waals surface area contributed by atoms with Gasteiger partial charge in [-0.05, 0) is 18.9 Å². The third-order valence-electron chi connectivity index (χ3n) is 2.47. The second kappa shape index (κ2) is 3.76. The van der Waals surface area contributed by atoms with Gasteiger partial charge >= 0.3 is 0 Å². The van der Waals surface area contributed by atoms with Gasteiger partial charge < -0.3 is 0 Å². The molecule has 0 aliphatic heterocycles. The minimum Gasteiger partial charge on any atom is -0.269 e. The summed E-state index contributed by atoms with van der Waals surface area (Å²) in [6.07, 6.45) is 0. The highest BCUT2D eigenvalue weighted by Crippen LogP contribution is 2.24. The lowest BCUT2D eigenvalue weighted by Gasteiger charge is -2.14. The fraction of sp³-hybridized carbons (Fsp3) is 0.750. The zero-order valence-electron chi connectivity index (χ0n) is 10.3. The molecule has 14 heavy (non-hydrogen) atoms. The molecule has 0 atom stereocenters. The summed E-state index contributed by atoms with van der Waals surface area (Å²) in [6.45, 7) is 14.2. The molecule has 0 saturated heterocycles. The maximum atomic E-state index is 4.64. The average molecular weight is 194 g/mol. The van der Waals surface area contributed by atoms with Crippen LogP contribution in [-0.2, 0) is 12.0 Å². The van der Waals surface area contributed by atoms with Crippen LogP contribution in [0.25, 0.3) is 0 Å². The zero-order chi connectivity index (χ0) is 10.9. The van der Waals surface area contributed by atoms with E-state index < -0.39 is 0 Å². The van der Waals surface area contributed by atoms with E-state index in [4.69, 9.17) is 0 Å². The van der Waals surface area contributed by atoms with Crippen LogP contribution >= 0.6 is 0 Å². The Morgan fingerprint density at radius 3 is 2.21 bits per heavy atom. The standard InChI is InChI=1S/C12H22N2/c1-7-14-10(9(2)3)8-11(13-14)12(4,5)6/h8-9H,7H2,1-6H3. The molecule has 1 rings (SSSR count). The minimum absolute atomic E-state index is 0.157. The molecule has 0 aromatic carbocycles. The molecule has 2 heteroatoms. The lowest BCUT2D eigenvalue weighted by molar-refractivity contribution is 0.532. The molecule has 0 N–H and O–H groups in total. The van der Waals surface area contributed by atoms with Crippen LogP contribution in [-0.4, -0.2) is 9.78 Å². The Bertz CT molecular complexity index is 303. The van der Waals surface area contributed by atoms with E-state index in [1.165, 1.54) is 11.4 Å². The van der Waals surface area contributed by atoms with Gasteiger partial charge in [0.1, 0.15) is 0 Å². The van der Waals surface area contributed by atoms with Gasteiger partial charge in [-0.3, -0.25) is 4.68 Å². The van der Waals surface area contributed by atoms with E-state index in [-0.39, 0.29) is 5.41 Å². The topological polar surface area (TPSA) is 17.8 Å². The fourth-order valence-electron chi connectivity index (χ4n) is 1.52. The van der Waals surface area contributed by atoms with Crippen LogP contribution in [0.2, 0.25) is 0 Å². The number of nitrogens with zero attached hydrogens (tertiary/aromatic N) is 2. The quantitative estimate of drug-likeness (QED) is 0.706. The number of rotatable bonds is 2. The molecule has 2 nitrogen and oxygen atoms in total. The minimum atomic E-state index is 0.157.